The first kappa shape index (κ1) is 50.6. The minimum Gasteiger partial charge on any atom is -0.744 e. The van der Waals surface area contributed by atoms with Gasteiger partial charge in [0.15, 0.2) is 12.4 Å². The fraction of sp³-hybridized carbons (Fsp3) is 0.0625. The van der Waals surface area contributed by atoms with Crippen molar-refractivity contribution in [2.45, 2.75) is 23.6 Å². The third kappa shape index (κ3) is 16.2. The number of nitrogens with two attached hydrogens (primary N) is 1. The second-order valence-corrected chi connectivity index (χ2v) is 17.4. The Morgan fingerprint density at radius 2 is 1.01 bits per heavy atom. The zero-order valence-corrected chi connectivity index (χ0v) is 38.3. The van der Waals surface area contributed by atoms with Crippen LogP contribution in [0.4, 0.5) is 28.4 Å². The number of rotatable bonds is 12. The van der Waals surface area contributed by atoms with Crippen LogP contribution in [0.15, 0.2) is 195 Å². The van der Waals surface area contributed by atoms with Crippen molar-refractivity contribution < 1.29 is 44.9 Å². The topological polar surface area (TPSA) is 278 Å². The van der Waals surface area contributed by atoms with Gasteiger partial charge < -0.3 is 26.3 Å². The molecule has 0 aliphatic carbocycles. The van der Waals surface area contributed by atoms with E-state index in [9.17, 15) is 35.8 Å². The molecule has 0 aliphatic rings. The van der Waals surface area contributed by atoms with Gasteiger partial charge in [0.05, 0.1) is 27.4 Å². The Morgan fingerprint density at radius 3 is 1.46 bits per heavy atom. The van der Waals surface area contributed by atoms with E-state index in [1.54, 1.807) is 121 Å². The van der Waals surface area contributed by atoms with E-state index in [0.717, 1.165) is 16.7 Å². The lowest BCUT2D eigenvalue weighted by Crippen LogP contribution is -2.27. The fourth-order valence-corrected chi connectivity index (χ4v) is 6.60. The summed E-state index contributed by atoms with van der Waals surface area (Å²) in [6.45, 7) is 3.66. The molecule has 0 saturated heterocycles. The molecule has 0 fully saturated rings. The molecule has 7 aromatic rings. The van der Waals surface area contributed by atoms with Crippen LogP contribution >= 0.6 is 0 Å². The molecule has 7 N–H and O–H groups in total. The van der Waals surface area contributed by atoms with Crippen molar-refractivity contribution >= 4 is 72.6 Å². The van der Waals surface area contributed by atoms with Crippen LogP contribution in [0.5, 0.6) is 0 Å². The van der Waals surface area contributed by atoms with Gasteiger partial charge >= 0.3 is 0 Å². The minimum atomic E-state index is -4.27. The SMILES string of the molecule is C[n+]1cccc(NC(=O)c2ccc(NC(=O)c3ccc(C(=O)Nc4ccc(NN=Nc5ccc(C=NN)cc5)cc4)cc3)cc2)c1.Cc1ccc(S(=O)(=O)O)cc1.Cc1ccc(S(=O)(=O)[O-])cc1. The fourth-order valence-electron chi connectivity index (χ4n) is 5.65. The van der Waals surface area contributed by atoms with Gasteiger partial charge in [0.2, 0.25) is 0 Å². The number of carbonyl (C=O) groups excluding carboxylic acids is 3. The Morgan fingerprint density at radius 1 is 0.588 bits per heavy atom. The van der Waals surface area contributed by atoms with Crippen LogP contribution in [-0.4, -0.2) is 49.9 Å². The number of hydrogen-bond donors (Lipinski definition) is 6. The number of hydrogen-bond acceptors (Lipinski definition) is 12. The van der Waals surface area contributed by atoms with Gasteiger partial charge in [-0.25, -0.2) is 13.0 Å². The molecule has 68 heavy (non-hydrogen) atoms. The summed E-state index contributed by atoms with van der Waals surface area (Å²) in [5.41, 5.74) is 9.92. The third-order valence-corrected chi connectivity index (χ3v) is 11.0. The summed E-state index contributed by atoms with van der Waals surface area (Å²) in [6.07, 6.45) is 5.21. The normalized spacial score (nSPS) is 11.1. The first-order valence-electron chi connectivity index (χ1n) is 20.1. The number of hydrazone groups is 1. The van der Waals surface area contributed by atoms with Gasteiger partial charge in [-0.05, 0) is 135 Å². The molecule has 348 valence electrons. The van der Waals surface area contributed by atoms with Crippen LogP contribution in [0.3, 0.4) is 0 Å². The van der Waals surface area contributed by atoms with Crippen LogP contribution in [0.2, 0.25) is 0 Å². The summed E-state index contributed by atoms with van der Waals surface area (Å²) in [6, 6.07) is 42.5. The number of nitrogens with zero attached hydrogens (tertiary/aromatic N) is 4. The van der Waals surface area contributed by atoms with Crippen LogP contribution < -0.4 is 31.8 Å². The van der Waals surface area contributed by atoms with E-state index < -0.39 is 20.2 Å². The van der Waals surface area contributed by atoms with Crippen molar-refractivity contribution in [2.75, 3.05) is 21.4 Å². The summed E-state index contributed by atoms with van der Waals surface area (Å²) < 4.78 is 62.6. The van der Waals surface area contributed by atoms with E-state index >= 15 is 0 Å². The predicted molar refractivity (Wildman–Crippen MR) is 257 cm³/mol. The van der Waals surface area contributed by atoms with E-state index in [1.165, 1.54) is 30.5 Å². The Labute approximate surface area is 392 Å². The largest absolute Gasteiger partial charge is 0.744 e. The van der Waals surface area contributed by atoms with Crippen molar-refractivity contribution in [3.05, 3.63) is 203 Å². The van der Waals surface area contributed by atoms with Crippen molar-refractivity contribution in [1.29, 1.82) is 0 Å². The molecule has 6 aromatic carbocycles. The molecule has 20 heteroatoms. The van der Waals surface area contributed by atoms with Gasteiger partial charge in [0, 0.05) is 34.1 Å². The molecule has 0 aliphatic heterocycles. The maximum atomic E-state index is 12.8. The Bertz CT molecular complexity index is 3040. The highest BCUT2D eigenvalue weighted by atomic mass is 32.2. The van der Waals surface area contributed by atoms with Gasteiger partial charge in [-0.2, -0.15) is 13.5 Å². The Balaban J connectivity index is 0.000000319. The van der Waals surface area contributed by atoms with Gasteiger partial charge in [-0.1, -0.05) is 52.7 Å². The molecular formula is C48H45N9O9S2. The van der Waals surface area contributed by atoms with Crippen LogP contribution in [0.25, 0.3) is 0 Å². The number of anilines is 4. The predicted octanol–water partition coefficient (Wildman–Crippen LogP) is 7.81. The number of nitrogens with one attached hydrogen (secondary N) is 4. The lowest BCUT2D eigenvalue weighted by molar-refractivity contribution is -0.670. The monoisotopic (exact) mass is 955 g/mol. The van der Waals surface area contributed by atoms with Gasteiger partial charge in [-0.15, -0.1) is 5.11 Å². The average molecular weight is 956 g/mol. The number of pyridine rings is 1. The molecule has 0 bridgehead atoms. The van der Waals surface area contributed by atoms with E-state index in [4.69, 9.17) is 10.4 Å². The summed E-state index contributed by atoms with van der Waals surface area (Å²) in [5, 5.41) is 20.0. The third-order valence-electron chi connectivity index (χ3n) is 9.24. The lowest BCUT2D eigenvalue weighted by Gasteiger charge is -2.09. The van der Waals surface area contributed by atoms with Crippen LogP contribution in [-0.2, 0) is 27.3 Å². The first-order chi connectivity index (χ1) is 32.4. The summed E-state index contributed by atoms with van der Waals surface area (Å²) >= 11 is 0. The molecule has 0 unspecified atom stereocenters. The number of aryl methyl sites for hydroxylation is 3. The van der Waals surface area contributed by atoms with E-state index in [-0.39, 0.29) is 27.5 Å². The number of carbonyl (C=O) groups is 3. The maximum absolute atomic E-state index is 12.8. The van der Waals surface area contributed by atoms with E-state index in [1.807, 2.05) is 49.9 Å². The van der Waals surface area contributed by atoms with Crippen molar-refractivity contribution in [3.8, 4) is 0 Å². The second kappa shape index (κ2) is 23.7. The number of aromatic nitrogens is 1. The van der Waals surface area contributed by atoms with Gasteiger partial charge in [-0.3, -0.25) is 24.4 Å². The molecule has 0 saturated carbocycles. The van der Waals surface area contributed by atoms with Gasteiger partial charge in [0.1, 0.15) is 22.9 Å². The van der Waals surface area contributed by atoms with E-state index in [0.29, 0.717) is 45.1 Å². The lowest BCUT2D eigenvalue weighted by atomic mass is 10.1. The Hall–Kier alpha value is -8.43. The molecular weight excluding hydrogens is 911 g/mol. The first-order valence-corrected chi connectivity index (χ1v) is 23.0. The smallest absolute Gasteiger partial charge is 0.294 e. The summed E-state index contributed by atoms with van der Waals surface area (Å²) in [5.74, 6) is 4.21. The number of benzene rings is 6. The highest BCUT2D eigenvalue weighted by Gasteiger charge is 2.12. The number of amides is 3. The molecule has 0 spiro atoms. The summed E-state index contributed by atoms with van der Waals surface area (Å²) in [4.78, 5) is 37.9. The zero-order chi connectivity index (χ0) is 49.3. The molecule has 18 nitrogen and oxygen atoms in total. The quantitative estimate of drug-likeness (QED) is 0.0172. The van der Waals surface area contributed by atoms with E-state index in [2.05, 4.69) is 36.8 Å². The molecule has 1 aromatic heterocycles. The molecule has 7 rings (SSSR count). The standard InChI is InChI=1S/C34H29N9O3.2C7H8O3S/c1-43-20-2-3-31(22-43)39-34(46)26-10-14-27(15-11-26)37-32(44)24-6-8-25(9-7-24)33(45)38-28-16-18-30(19-17-28)41-42-40-29-12-4-23(5-13-29)21-36-35;2*1-6-2-4-7(5-3-6)11(8,9)10/h2-22H,1H3,(H5-,35,36,37,38,39,40,41,42,44,45,46);2*2-5H,1H3,(H,8,9,10). The average Bonchev–Trinajstić information content (AvgIpc) is 3.30. The van der Waals surface area contributed by atoms with Crippen molar-refractivity contribution in [3.63, 3.8) is 0 Å². The van der Waals surface area contributed by atoms with Crippen LogP contribution in [0, 0.1) is 13.8 Å². The second-order valence-electron chi connectivity index (χ2n) is 14.6. The maximum Gasteiger partial charge on any atom is 0.294 e. The molecule has 0 atom stereocenters. The zero-order valence-electron chi connectivity index (χ0n) is 36.6. The van der Waals surface area contributed by atoms with Crippen molar-refractivity contribution in [2.24, 2.45) is 28.3 Å². The molecule has 1 heterocycles. The highest BCUT2D eigenvalue weighted by molar-refractivity contribution is 7.86. The van der Waals surface area contributed by atoms with Gasteiger partial charge in [0.25, 0.3) is 27.8 Å². The summed E-state index contributed by atoms with van der Waals surface area (Å²) in [7, 11) is -6.42. The van der Waals surface area contributed by atoms with Crippen LogP contribution in [0.1, 0.15) is 47.8 Å². The van der Waals surface area contributed by atoms with Crippen molar-refractivity contribution in [1.82, 2.24) is 0 Å². The highest BCUT2D eigenvalue weighted by Crippen LogP contribution is 2.19. The molecule has 0 radical (unpaired) electrons. The minimum absolute atomic E-state index is 0.0666. The Kier molecular flexibility index (Phi) is 17.6. The molecule has 3 amide bonds.